The van der Waals surface area contributed by atoms with Gasteiger partial charge in [0.05, 0.1) is 23.6 Å². The molecular formula is C24H31N3O6S. The first-order valence-electron chi connectivity index (χ1n) is 11.0. The van der Waals surface area contributed by atoms with E-state index in [1.807, 2.05) is 0 Å². The number of nitrogens with zero attached hydrogens (tertiary/aromatic N) is 1. The van der Waals surface area contributed by atoms with Crippen LogP contribution in [-0.4, -0.2) is 50.5 Å². The van der Waals surface area contributed by atoms with Crippen molar-refractivity contribution in [2.45, 2.75) is 44.1 Å². The van der Waals surface area contributed by atoms with Crippen LogP contribution < -0.4 is 15.4 Å². The Kier molecular flexibility index (Phi) is 7.83. The molecule has 2 aromatic carbocycles. The molecule has 1 unspecified atom stereocenters. The van der Waals surface area contributed by atoms with E-state index in [0.29, 0.717) is 36.5 Å². The minimum absolute atomic E-state index is 0.0994. The number of rotatable bonds is 6. The van der Waals surface area contributed by atoms with E-state index in [1.54, 1.807) is 69.3 Å². The molecule has 184 valence electrons. The molecule has 1 aliphatic heterocycles. The molecule has 10 heteroatoms. The van der Waals surface area contributed by atoms with Crippen LogP contribution in [0.25, 0.3) is 0 Å². The number of benzene rings is 2. The maximum Gasteiger partial charge on any atom is 0.412 e. The SMILES string of the molecule is COc1ccc(NC(=O)C2CCCN(S(=O)(=O)c3ccccc3)C2)cc1NC(=O)OC(C)(C)C. The van der Waals surface area contributed by atoms with Crippen molar-refractivity contribution in [3.63, 3.8) is 0 Å². The minimum Gasteiger partial charge on any atom is -0.495 e. The topological polar surface area (TPSA) is 114 Å². The Hall–Kier alpha value is -3.11. The molecule has 0 saturated carbocycles. The quantitative estimate of drug-likeness (QED) is 0.632. The number of nitrogens with one attached hydrogen (secondary N) is 2. The Bertz CT molecular complexity index is 1130. The first-order chi connectivity index (χ1) is 16.0. The Morgan fingerprint density at radius 2 is 1.76 bits per heavy atom. The van der Waals surface area contributed by atoms with E-state index in [9.17, 15) is 18.0 Å². The largest absolute Gasteiger partial charge is 0.495 e. The number of sulfonamides is 1. The minimum atomic E-state index is -3.67. The summed E-state index contributed by atoms with van der Waals surface area (Å²) >= 11 is 0. The predicted molar refractivity (Wildman–Crippen MR) is 129 cm³/mol. The van der Waals surface area contributed by atoms with Crippen molar-refractivity contribution in [1.82, 2.24) is 4.31 Å². The average molecular weight is 490 g/mol. The molecule has 2 N–H and O–H groups in total. The molecule has 34 heavy (non-hydrogen) atoms. The van der Waals surface area contributed by atoms with E-state index in [1.165, 1.54) is 11.4 Å². The molecule has 0 aromatic heterocycles. The van der Waals surface area contributed by atoms with Gasteiger partial charge in [0.2, 0.25) is 15.9 Å². The van der Waals surface area contributed by atoms with Gasteiger partial charge in [-0.15, -0.1) is 0 Å². The summed E-state index contributed by atoms with van der Waals surface area (Å²) in [6.07, 6.45) is 0.507. The van der Waals surface area contributed by atoms with Gasteiger partial charge in [0.15, 0.2) is 0 Å². The zero-order valence-corrected chi connectivity index (χ0v) is 20.6. The van der Waals surface area contributed by atoms with Crippen molar-refractivity contribution in [3.05, 3.63) is 48.5 Å². The number of carbonyl (C=O) groups is 2. The highest BCUT2D eigenvalue weighted by molar-refractivity contribution is 7.89. The summed E-state index contributed by atoms with van der Waals surface area (Å²) in [5.74, 6) is -0.389. The fourth-order valence-corrected chi connectivity index (χ4v) is 5.20. The highest BCUT2D eigenvalue weighted by Crippen LogP contribution is 2.30. The van der Waals surface area contributed by atoms with Gasteiger partial charge in [-0.1, -0.05) is 18.2 Å². The molecule has 1 heterocycles. The first kappa shape index (κ1) is 25.5. The lowest BCUT2D eigenvalue weighted by molar-refractivity contribution is -0.120. The van der Waals surface area contributed by atoms with Gasteiger partial charge in [-0.25, -0.2) is 13.2 Å². The van der Waals surface area contributed by atoms with Crippen molar-refractivity contribution in [3.8, 4) is 5.75 Å². The zero-order chi connectivity index (χ0) is 24.9. The number of ether oxygens (including phenoxy) is 2. The van der Waals surface area contributed by atoms with Gasteiger partial charge in [0.25, 0.3) is 0 Å². The number of hydrogen-bond acceptors (Lipinski definition) is 6. The molecule has 2 aromatic rings. The lowest BCUT2D eigenvalue weighted by atomic mass is 9.98. The molecule has 3 rings (SSSR count). The first-order valence-corrected chi connectivity index (χ1v) is 12.5. The molecule has 0 bridgehead atoms. The summed E-state index contributed by atoms with van der Waals surface area (Å²) in [6, 6.07) is 13.0. The van der Waals surface area contributed by atoms with Gasteiger partial charge >= 0.3 is 6.09 Å². The number of piperidine rings is 1. The number of amides is 2. The van der Waals surface area contributed by atoms with E-state index in [0.717, 1.165) is 0 Å². The molecule has 1 fully saturated rings. The number of anilines is 2. The van der Waals surface area contributed by atoms with E-state index in [2.05, 4.69) is 10.6 Å². The third-order valence-corrected chi connectivity index (χ3v) is 7.12. The molecule has 0 spiro atoms. The molecule has 1 aliphatic rings. The van der Waals surface area contributed by atoms with Crippen molar-refractivity contribution < 1.29 is 27.5 Å². The van der Waals surface area contributed by atoms with E-state index in [4.69, 9.17) is 9.47 Å². The average Bonchev–Trinajstić information content (AvgIpc) is 2.78. The van der Waals surface area contributed by atoms with E-state index in [-0.39, 0.29) is 17.3 Å². The lowest BCUT2D eigenvalue weighted by Crippen LogP contribution is -2.43. The fraction of sp³-hybridized carbons (Fsp3) is 0.417. The Labute approximate surface area is 200 Å². The smallest absolute Gasteiger partial charge is 0.412 e. The summed E-state index contributed by atoms with van der Waals surface area (Å²) in [5, 5.41) is 5.46. The number of hydrogen-bond donors (Lipinski definition) is 2. The monoisotopic (exact) mass is 489 g/mol. The zero-order valence-electron chi connectivity index (χ0n) is 19.8. The van der Waals surface area contributed by atoms with Crippen LogP contribution in [0.15, 0.2) is 53.4 Å². The third kappa shape index (κ3) is 6.48. The van der Waals surface area contributed by atoms with Gasteiger partial charge < -0.3 is 14.8 Å². The highest BCUT2D eigenvalue weighted by Gasteiger charge is 2.33. The molecule has 0 aliphatic carbocycles. The van der Waals surface area contributed by atoms with Gasteiger partial charge in [-0.2, -0.15) is 4.31 Å². The molecule has 9 nitrogen and oxygen atoms in total. The van der Waals surface area contributed by atoms with Crippen LogP contribution in [0, 0.1) is 5.92 Å². The van der Waals surface area contributed by atoms with E-state index >= 15 is 0 Å². The van der Waals surface area contributed by atoms with Crippen molar-refractivity contribution in [1.29, 1.82) is 0 Å². The lowest BCUT2D eigenvalue weighted by Gasteiger charge is -2.31. The van der Waals surface area contributed by atoms with Gasteiger partial charge in [-0.05, 0) is 63.9 Å². The standard InChI is InChI=1S/C24H31N3O6S/c1-24(2,3)33-23(29)26-20-15-18(12-13-21(20)32-4)25-22(28)17-9-8-14-27(16-17)34(30,31)19-10-6-5-7-11-19/h5-7,10-13,15,17H,8-9,14,16H2,1-4H3,(H,25,28)(H,26,29). The maximum absolute atomic E-state index is 13.0. The highest BCUT2D eigenvalue weighted by atomic mass is 32.2. The Morgan fingerprint density at radius 3 is 2.41 bits per heavy atom. The van der Waals surface area contributed by atoms with Crippen molar-refractivity contribution in [2.75, 3.05) is 30.8 Å². The summed E-state index contributed by atoms with van der Waals surface area (Å²) in [6.45, 7) is 5.74. The van der Waals surface area contributed by atoms with Crippen molar-refractivity contribution >= 4 is 33.4 Å². The summed E-state index contributed by atoms with van der Waals surface area (Å²) < 4.78 is 37.9. The Morgan fingerprint density at radius 1 is 1.06 bits per heavy atom. The summed E-state index contributed by atoms with van der Waals surface area (Å²) in [7, 11) is -2.20. The number of methoxy groups -OCH3 is 1. The molecule has 0 radical (unpaired) electrons. The number of carbonyl (C=O) groups excluding carboxylic acids is 2. The van der Waals surface area contributed by atoms with Crippen LogP contribution >= 0.6 is 0 Å². The summed E-state index contributed by atoms with van der Waals surface area (Å²) in [4.78, 5) is 25.4. The van der Waals surface area contributed by atoms with Gasteiger partial charge in [0, 0.05) is 18.8 Å². The molecule has 1 atom stereocenters. The molecule has 1 saturated heterocycles. The predicted octanol–water partition coefficient (Wildman–Crippen LogP) is 4.08. The summed E-state index contributed by atoms with van der Waals surface area (Å²) in [5.41, 5.74) is 0.113. The van der Waals surface area contributed by atoms with Crippen LogP contribution in [0.1, 0.15) is 33.6 Å². The van der Waals surface area contributed by atoms with Crippen LogP contribution in [-0.2, 0) is 19.6 Å². The second kappa shape index (κ2) is 10.4. The fourth-order valence-electron chi connectivity index (χ4n) is 3.66. The molecule has 2 amide bonds. The maximum atomic E-state index is 13.0. The Balaban J connectivity index is 1.70. The van der Waals surface area contributed by atoms with Gasteiger partial charge in [0.1, 0.15) is 11.4 Å². The van der Waals surface area contributed by atoms with Crippen molar-refractivity contribution in [2.24, 2.45) is 5.92 Å². The second-order valence-corrected chi connectivity index (χ2v) is 11.0. The van der Waals surface area contributed by atoms with Gasteiger partial charge in [-0.3, -0.25) is 10.1 Å². The van der Waals surface area contributed by atoms with Crippen LogP contribution in [0.4, 0.5) is 16.2 Å². The second-order valence-electron chi connectivity index (χ2n) is 9.05. The van der Waals surface area contributed by atoms with Crippen LogP contribution in [0.3, 0.4) is 0 Å². The van der Waals surface area contributed by atoms with Crippen LogP contribution in [0.2, 0.25) is 0 Å². The third-order valence-electron chi connectivity index (χ3n) is 5.24. The van der Waals surface area contributed by atoms with Crippen LogP contribution in [0.5, 0.6) is 5.75 Å². The van der Waals surface area contributed by atoms with E-state index < -0.39 is 27.6 Å². The molecular weight excluding hydrogens is 458 g/mol. The normalized spacial score (nSPS) is 17.0.